The number of aryl methyl sites for hydroxylation is 1. The smallest absolute Gasteiger partial charge is 0.148 e. The minimum absolute atomic E-state index is 0.305. The van der Waals surface area contributed by atoms with E-state index in [1.807, 2.05) is 13.0 Å². The summed E-state index contributed by atoms with van der Waals surface area (Å²) in [6, 6.07) is 4.12. The molecule has 0 amide bonds. The van der Waals surface area contributed by atoms with E-state index in [1.165, 1.54) is 0 Å². The van der Waals surface area contributed by atoms with Crippen LogP contribution in [0.1, 0.15) is 25.0 Å². The lowest BCUT2D eigenvalue weighted by atomic mass is 10.1. The van der Waals surface area contributed by atoms with Gasteiger partial charge in [0.05, 0.1) is 0 Å². The molecule has 0 radical (unpaired) electrons. The zero-order chi connectivity index (χ0) is 13.5. The molecule has 0 spiro atoms. The van der Waals surface area contributed by atoms with Gasteiger partial charge in [0.1, 0.15) is 12.4 Å². The molecule has 0 unspecified atom stereocenters. The number of hydrogen-bond acceptors (Lipinski definition) is 2. The summed E-state index contributed by atoms with van der Waals surface area (Å²) in [5, 5.41) is 3.42. The van der Waals surface area contributed by atoms with Crippen molar-refractivity contribution in [1.29, 1.82) is 0 Å². The third-order valence-electron chi connectivity index (χ3n) is 2.48. The first-order valence-corrected chi connectivity index (χ1v) is 6.90. The predicted octanol–water partition coefficient (Wildman–Crippen LogP) is 3.52. The van der Waals surface area contributed by atoms with Crippen LogP contribution in [-0.2, 0) is 6.54 Å². The van der Waals surface area contributed by atoms with Crippen LogP contribution in [0.2, 0.25) is 0 Å². The van der Waals surface area contributed by atoms with E-state index in [2.05, 4.69) is 47.1 Å². The van der Waals surface area contributed by atoms with Crippen molar-refractivity contribution in [1.82, 2.24) is 5.32 Å². The van der Waals surface area contributed by atoms with E-state index < -0.39 is 0 Å². The standard InChI is InChI=1S/C15H20BrNO/c1-5-6-18-15-12(4)7-14(16)8-13(15)10-17-9-11(2)3/h1,7-8,11,17H,6,9-10H2,2-4H3. The fraction of sp³-hybridized carbons (Fsp3) is 0.467. The van der Waals surface area contributed by atoms with Gasteiger partial charge >= 0.3 is 0 Å². The second kappa shape index (κ2) is 7.45. The highest BCUT2D eigenvalue weighted by atomic mass is 79.9. The predicted molar refractivity (Wildman–Crippen MR) is 79.8 cm³/mol. The molecule has 98 valence electrons. The number of halogens is 1. The summed E-state index contributed by atoms with van der Waals surface area (Å²) in [6.07, 6.45) is 5.25. The van der Waals surface area contributed by atoms with Gasteiger partial charge in [-0.2, -0.15) is 0 Å². The van der Waals surface area contributed by atoms with E-state index in [0.29, 0.717) is 12.5 Å². The quantitative estimate of drug-likeness (QED) is 0.812. The van der Waals surface area contributed by atoms with Crippen LogP contribution < -0.4 is 10.1 Å². The second-order valence-electron chi connectivity index (χ2n) is 4.73. The Kier molecular flexibility index (Phi) is 6.24. The Bertz CT molecular complexity index is 435. The minimum Gasteiger partial charge on any atom is -0.480 e. The monoisotopic (exact) mass is 309 g/mol. The van der Waals surface area contributed by atoms with Crippen molar-refractivity contribution >= 4 is 15.9 Å². The van der Waals surface area contributed by atoms with Crippen molar-refractivity contribution in [3.8, 4) is 18.1 Å². The third kappa shape index (κ3) is 4.72. The van der Waals surface area contributed by atoms with Crippen molar-refractivity contribution < 1.29 is 4.74 Å². The Morgan fingerprint density at radius 2 is 2.17 bits per heavy atom. The van der Waals surface area contributed by atoms with Crippen LogP contribution in [0.4, 0.5) is 0 Å². The van der Waals surface area contributed by atoms with Gasteiger partial charge in [0, 0.05) is 16.6 Å². The maximum atomic E-state index is 5.63. The maximum absolute atomic E-state index is 5.63. The third-order valence-corrected chi connectivity index (χ3v) is 2.94. The van der Waals surface area contributed by atoms with E-state index in [9.17, 15) is 0 Å². The highest BCUT2D eigenvalue weighted by Crippen LogP contribution is 2.28. The average molecular weight is 310 g/mol. The lowest BCUT2D eigenvalue weighted by molar-refractivity contribution is 0.361. The molecule has 3 heteroatoms. The molecule has 0 aliphatic rings. The summed E-state index contributed by atoms with van der Waals surface area (Å²) in [5.74, 6) is 4.03. The van der Waals surface area contributed by atoms with Gasteiger partial charge < -0.3 is 10.1 Å². The molecule has 0 heterocycles. The number of ether oxygens (including phenoxy) is 1. The van der Waals surface area contributed by atoms with Gasteiger partial charge in [-0.3, -0.25) is 0 Å². The van der Waals surface area contributed by atoms with Crippen molar-refractivity contribution in [2.45, 2.75) is 27.3 Å². The van der Waals surface area contributed by atoms with Crippen molar-refractivity contribution in [3.63, 3.8) is 0 Å². The summed E-state index contributed by atoms with van der Waals surface area (Å²) in [7, 11) is 0. The van der Waals surface area contributed by atoms with Gasteiger partial charge in [-0.05, 0) is 37.1 Å². The molecule has 1 aromatic rings. The number of rotatable bonds is 6. The van der Waals surface area contributed by atoms with E-state index in [-0.39, 0.29) is 0 Å². The molecule has 0 aromatic heterocycles. The first-order valence-electron chi connectivity index (χ1n) is 6.10. The highest BCUT2D eigenvalue weighted by Gasteiger charge is 2.09. The van der Waals surface area contributed by atoms with Crippen LogP contribution in [0.15, 0.2) is 16.6 Å². The van der Waals surface area contributed by atoms with Crippen molar-refractivity contribution in [2.24, 2.45) is 5.92 Å². The molecule has 1 aromatic carbocycles. The number of nitrogens with one attached hydrogen (secondary N) is 1. The van der Waals surface area contributed by atoms with Gasteiger partial charge in [-0.1, -0.05) is 35.7 Å². The molecule has 0 saturated carbocycles. The topological polar surface area (TPSA) is 21.3 Å². The van der Waals surface area contributed by atoms with Crippen LogP contribution in [0.3, 0.4) is 0 Å². The number of benzene rings is 1. The van der Waals surface area contributed by atoms with Crippen molar-refractivity contribution in [2.75, 3.05) is 13.2 Å². The van der Waals surface area contributed by atoms with Gasteiger partial charge in [0.25, 0.3) is 0 Å². The van der Waals surface area contributed by atoms with Crippen molar-refractivity contribution in [3.05, 3.63) is 27.7 Å². The largest absolute Gasteiger partial charge is 0.480 e. The summed E-state index contributed by atoms with van der Waals surface area (Å²) in [6.45, 7) is 8.49. The molecule has 1 rings (SSSR count). The van der Waals surface area contributed by atoms with Gasteiger partial charge in [-0.15, -0.1) is 6.42 Å². The lowest BCUT2D eigenvalue weighted by Gasteiger charge is -2.15. The van der Waals surface area contributed by atoms with Gasteiger partial charge in [-0.25, -0.2) is 0 Å². The summed E-state index contributed by atoms with van der Waals surface area (Å²) >= 11 is 3.51. The maximum Gasteiger partial charge on any atom is 0.148 e. The first-order chi connectivity index (χ1) is 8.54. The van der Waals surface area contributed by atoms with Crippen LogP contribution in [0.5, 0.6) is 5.75 Å². The van der Waals surface area contributed by atoms with Gasteiger partial charge in [0.15, 0.2) is 0 Å². The lowest BCUT2D eigenvalue weighted by Crippen LogP contribution is -2.19. The van der Waals surface area contributed by atoms with Crippen LogP contribution in [-0.4, -0.2) is 13.2 Å². The van der Waals surface area contributed by atoms with Crippen LogP contribution >= 0.6 is 15.9 Å². The Hall–Kier alpha value is -0.980. The molecule has 0 bridgehead atoms. The fourth-order valence-corrected chi connectivity index (χ4v) is 2.37. The second-order valence-corrected chi connectivity index (χ2v) is 5.64. The zero-order valence-electron chi connectivity index (χ0n) is 11.2. The zero-order valence-corrected chi connectivity index (χ0v) is 12.8. The first kappa shape index (κ1) is 15.1. The Morgan fingerprint density at radius 3 is 2.78 bits per heavy atom. The van der Waals surface area contributed by atoms with E-state index in [0.717, 1.165) is 34.4 Å². The number of terminal acetylenes is 1. The van der Waals surface area contributed by atoms with Crippen LogP contribution in [0.25, 0.3) is 0 Å². The van der Waals surface area contributed by atoms with Crippen LogP contribution in [0, 0.1) is 25.2 Å². The molecule has 0 atom stereocenters. The Labute approximate surface area is 118 Å². The van der Waals surface area contributed by atoms with E-state index in [1.54, 1.807) is 0 Å². The van der Waals surface area contributed by atoms with E-state index in [4.69, 9.17) is 11.2 Å². The molecule has 0 fully saturated rings. The number of hydrogen-bond donors (Lipinski definition) is 1. The summed E-state index contributed by atoms with van der Waals surface area (Å²) < 4.78 is 6.70. The minimum atomic E-state index is 0.305. The molecule has 0 aliphatic heterocycles. The highest BCUT2D eigenvalue weighted by molar-refractivity contribution is 9.10. The molecule has 18 heavy (non-hydrogen) atoms. The van der Waals surface area contributed by atoms with Gasteiger partial charge in [0.2, 0.25) is 0 Å². The normalized spacial score (nSPS) is 10.4. The molecule has 1 N–H and O–H groups in total. The summed E-state index contributed by atoms with van der Waals surface area (Å²) in [4.78, 5) is 0. The van der Waals surface area contributed by atoms with E-state index >= 15 is 0 Å². The summed E-state index contributed by atoms with van der Waals surface area (Å²) in [5.41, 5.74) is 2.23. The average Bonchev–Trinajstić information content (AvgIpc) is 2.27. The Morgan fingerprint density at radius 1 is 1.44 bits per heavy atom. The molecular weight excluding hydrogens is 290 g/mol. The molecule has 2 nitrogen and oxygen atoms in total. The SMILES string of the molecule is C#CCOc1c(C)cc(Br)cc1CNCC(C)C. The molecular formula is C15H20BrNO. The Balaban J connectivity index is 2.82. The molecule has 0 aliphatic carbocycles. The molecule has 0 saturated heterocycles. The fourth-order valence-electron chi connectivity index (χ4n) is 1.75.